The number of hydrogen-bond donors (Lipinski definition) is 5. The van der Waals surface area contributed by atoms with E-state index in [1.807, 2.05) is 63.8 Å². The molecule has 4 fully saturated rings. The van der Waals surface area contributed by atoms with Crippen LogP contribution in [-0.2, 0) is 34.3 Å². The molecule has 22 nitrogen and oxygen atoms in total. The highest BCUT2D eigenvalue weighted by molar-refractivity contribution is 7.92. The van der Waals surface area contributed by atoms with Crippen LogP contribution in [0.15, 0.2) is 97.3 Å². The van der Waals surface area contributed by atoms with Crippen molar-refractivity contribution in [3.8, 4) is 22.3 Å². The van der Waals surface area contributed by atoms with E-state index in [9.17, 15) is 30.4 Å². The van der Waals surface area contributed by atoms with Crippen molar-refractivity contribution < 1.29 is 53.4 Å². The first-order valence-corrected chi connectivity index (χ1v) is 34.2. The second-order valence-corrected chi connectivity index (χ2v) is 27.7. The molecule has 0 unspecified atom stereocenters. The molecule has 93 heavy (non-hydrogen) atoms. The van der Waals surface area contributed by atoms with E-state index in [0.717, 1.165) is 43.3 Å². The van der Waals surface area contributed by atoms with Crippen LogP contribution in [0.1, 0.15) is 31.9 Å². The lowest BCUT2D eigenvalue weighted by molar-refractivity contribution is 0.0240. The fourth-order valence-electron chi connectivity index (χ4n) is 11.7. The third kappa shape index (κ3) is 15.8. The van der Waals surface area contributed by atoms with Gasteiger partial charge in [0.2, 0.25) is 20.0 Å². The van der Waals surface area contributed by atoms with Crippen LogP contribution in [0, 0.1) is 37.1 Å². The highest BCUT2D eigenvalue weighted by Gasteiger charge is 2.30. The minimum atomic E-state index is -3.54. The number of nitrogens with zero attached hydrogens (tertiary/aromatic N) is 9. The molecule has 4 saturated heterocycles. The number of carbonyl (C=O) groups excluding carboxylic acids is 1. The maximum Gasteiger partial charge on any atom is 0.410 e. The zero-order valence-corrected chi connectivity index (χ0v) is 54.3. The Kier molecular flexibility index (Phi) is 19.3. The average Bonchev–Trinajstić information content (AvgIpc) is 0.766. The fraction of sp³-hybridized carbons (Fsp3) is 0.369. The molecule has 4 aliphatic rings. The average molecular weight is 1320 g/mol. The molecule has 8 heterocycles. The molecular weight excluding hydrogens is 1240 g/mol. The number of rotatable bonds is 14. The van der Waals surface area contributed by atoms with Gasteiger partial charge in [0.25, 0.3) is 0 Å². The molecule has 12 rings (SSSR count). The monoisotopic (exact) mass is 1320 g/mol. The molecule has 1 amide bonds. The molecule has 0 aliphatic carbocycles. The number of anilines is 10. The first kappa shape index (κ1) is 65.7. The zero-order valence-electron chi connectivity index (χ0n) is 52.7. The van der Waals surface area contributed by atoms with Gasteiger partial charge in [0, 0.05) is 161 Å². The second-order valence-electron chi connectivity index (χ2n) is 24.2. The van der Waals surface area contributed by atoms with Crippen molar-refractivity contribution >= 4 is 105 Å². The number of ether oxygens (including phenoxy) is 3. The Balaban J connectivity index is 0.000000192. The minimum absolute atomic E-state index is 0.114. The van der Waals surface area contributed by atoms with Crippen LogP contribution in [0.5, 0.6) is 0 Å². The van der Waals surface area contributed by atoms with Crippen LogP contribution >= 0.6 is 0 Å². The summed E-state index contributed by atoms with van der Waals surface area (Å²) >= 11 is 0. The number of pyridine rings is 4. The first-order chi connectivity index (χ1) is 44.3. The van der Waals surface area contributed by atoms with E-state index < -0.39 is 55.0 Å². The highest BCUT2D eigenvalue weighted by atomic mass is 32.2. The molecule has 0 atom stereocenters. The molecule has 4 aliphatic heterocycles. The summed E-state index contributed by atoms with van der Waals surface area (Å²) in [5, 5.41) is 10.6. The summed E-state index contributed by atoms with van der Waals surface area (Å²) in [7, 11) is -7.04. The summed E-state index contributed by atoms with van der Waals surface area (Å²) in [6, 6.07) is 21.8. The van der Waals surface area contributed by atoms with Crippen molar-refractivity contribution in [3.05, 3.63) is 132 Å². The van der Waals surface area contributed by atoms with Crippen LogP contribution < -0.4 is 45.0 Å². The van der Waals surface area contributed by atoms with Gasteiger partial charge >= 0.3 is 6.09 Å². The largest absolute Gasteiger partial charge is 0.444 e. The molecule has 0 spiro atoms. The summed E-state index contributed by atoms with van der Waals surface area (Å²) in [5.74, 6) is -0.385. The Bertz CT molecular complexity index is 4350. The van der Waals surface area contributed by atoms with Gasteiger partial charge in [0.15, 0.2) is 0 Å². The number of hydrogen-bond acceptors (Lipinski definition) is 19. The molecule has 0 saturated carbocycles. The summed E-state index contributed by atoms with van der Waals surface area (Å²) in [5.41, 5.74) is 6.53. The number of aromatic nitrogens is 4. The number of fused-ring (bicyclic) bond motifs is 2. The summed E-state index contributed by atoms with van der Waals surface area (Å²) < 4.78 is 130. The molecular formula is C65H74F4N14O8S2. The third-order valence-electron chi connectivity index (χ3n) is 16.0. The lowest BCUT2D eigenvalue weighted by atomic mass is 10.0. The molecule has 5 N–H and O–H groups in total. The van der Waals surface area contributed by atoms with Crippen molar-refractivity contribution in [1.29, 1.82) is 0 Å². The summed E-state index contributed by atoms with van der Waals surface area (Å²) in [4.78, 5) is 41.6. The van der Waals surface area contributed by atoms with Gasteiger partial charge in [0.05, 0.1) is 83.5 Å². The molecule has 0 radical (unpaired) electrons. The van der Waals surface area contributed by atoms with Crippen molar-refractivity contribution in [1.82, 2.24) is 30.2 Å². The Morgan fingerprint density at radius 3 is 1.39 bits per heavy atom. The normalized spacial score (nSPS) is 15.8. The molecule has 492 valence electrons. The Morgan fingerprint density at radius 2 is 0.978 bits per heavy atom. The van der Waals surface area contributed by atoms with Gasteiger partial charge in [-0.2, -0.15) is 0 Å². The Morgan fingerprint density at radius 1 is 0.559 bits per heavy atom. The number of piperazine rings is 2. The van der Waals surface area contributed by atoms with Gasteiger partial charge < -0.3 is 54.7 Å². The quantitative estimate of drug-likeness (QED) is 0.0636. The van der Waals surface area contributed by atoms with Crippen molar-refractivity contribution in [2.45, 2.75) is 40.2 Å². The van der Waals surface area contributed by atoms with Crippen molar-refractivity contribution in [3.63, 3.8) is 0 Å². The summed E-state index contributed by atoms with van der Waals surface area (Å²) in [6.45, 7) is 18.6. The zero-order chi connectivity index (χ0) is 65.9. The molecule has 4 aromatic heterocycles. The number of nitrogens with one attached hydrogen (secondary N) is 5. The SMILES string of the molecule is Cc1c(N2CCN(C(=O)OC(C)(C)C)CC2)nc2cc(F)cc(F)c2c1Nc1cc(N2CCOCC2)ncc1-c1cccc(NS(C)(=O)=O)c1.Cc1c(N2CCNCC2)nc2cc(F)cc(F)c2c1Nc1cc(N2CCOCC2)ncc1-c1cccc(NS(C)(=O)=O)c1. The van der Waals surface area contributed by atoms with Gasteiger partial charge in [-0.1, -0.05) is 24.3 Å². The number of benzene rings is 4. The van der Waals surface area contributed by atoms with Gasteiger partial charge in [-0.15, -0.1) is 0 Å². The topological polar surface area (TPSA) is 241 Å². The highest BCUT2D eigenvalue weighted by Crippen LogP contribution is 2.43. The number of halogens is 4. The van der Waals surface area contributed by atoms with Gasteiger partial charge in [-0.3, -0.25) is 9.44 Å². The molecule has 28 heteroatoms. The van der Waals surface area contributed by atoms with Gasteiger partial charge in [-0.05, 0) is 70.0 Å². The molecule has 4 aromatic carbocycles. The predicted molar refractivity (Wildman–Crippen MR) is 357 cm³/mol. The molecule has 8 aromatic rings. The van der Waals surface area contributed by atoms with E-state index in [2.05, 4.69) is 40.1 Å². The maximum absolute atomic E-state index is 15.8. The van der Waals surface area contributed by atoms with Crippen LogP contribution in [-0.4, -0.2) is 171 Å². The Hall–Kier alpha value is -8.83. The van der Waals surface area contributed by atoms with Crippen LogP contribution in [0.4, 0.5) is 79.8 Å². The van der Waals surface area contributed by atoms with E-state index in [1.165, 1.54) is 12.1 Å². The minimum Gasteiger partial charge on any atom is -0.444 e. The molecule has 0 bridgehead atoms. The Labute approximate surface area is 537 Å². The van der Waals surface area contributed by atoms with Gasteiger partial charge in [0.1, 0.15) is 52.1 Å². The van der Waals surface area contributed by atoms with Crippen LogP contribution in [0.3, 0.4) is 0 Å². The van der Waals surface area contributed by atoms with E-state index in [4.69, 9.17) is 34.1 Å². The number of sulfonamides is 2. The standard InChI is InChI=1S/C35H41F2N7O5S.C30H33F2N7O3S/c1-22-32(31-27(37)18-24(36)19-29(31)40-33(22)43-9-11-44(12-10-43)34(45)49-35(2,3)4)39-28-20-30(42-13-15-48-16-14-42)38-21-26(28)23-7-6-8-25(17-23)41-50(5,46)47;1-19-29(28-24(32)15-21(31)16-26(28)36-30(19)39-8-6-33-7-9-39)35-25-17-27(38-10-12-42-13-11-38)34-18-23(25)20-4-3-5-22(14-20)37-43(2,40)41/h6-8,17-21,41H,9-16H2,1-5H3,(H,38,39,40);3-5,14-18,33,37H,6-13H2,1-2H3,(H,34,35,36). The number of carbonyl (C=O) groups is 1. The van der Waals surface area contributed by atoms with Gasteiger partial charge in [-0.25, -0.2) is 59.1 Å². The lowest BCUT2D eigenvalue weighted by Crippen LogP contribution is -2.50. The third-order valence-corrected chi connectivity index (χ3v) is 17.2. The van der Waals surface area contributed by atoms with E-state index in [1.54, 1.807) is 53.7 Å². The first-order valence-electron chi connectivity index (χ1n) is 30.4. The van der Waals surface area contributed by atoms with E-state index in [0.29, 0.717) is 177 Å². The predicted octanol–water partition coefficient (Wildman–Crippen LogP) is 10.1. The maximum atomic E-state index is 15.8. The van der Waals surface area contributed by atoms with Crippen LogP contribution in [0.25, 0.3) is 44.1 Å². The summed E-state index contributed by atoms with van der Waals surface area (Å²) in [6.07, 6.45) is 5.19. The number of amides is 1. The van der Waals surface area contributed by atoms with Crippen molar-refractivity contribution in [2.75, 3.05) is 157 Å². The smallest absolute Gasteiger partial charge is 0.410 e. The lowest BCUT2D eigenvalue weighted by Gasteiger charge is -2.37. The van der Waals surface area contributed by atoms with E-state index in [-0.39, 0.29) is 21.8 Å². The number of morpholine rings is 2. The fourth-order valence-corrected chi connectivity index (χ4v) is 12.8. The van der Waals surface area contributed by atoms with E-state index >= 15 is 8.78 Å². The van der Waals surface area contributed by atoms with Crippen LogP contribution in [0.2, 0.25) is 0 Å². The second kappa shape index (κ2) is 27.4. The van der Waals surface area contributed by atoms with Crippen molar-refractivity contribution in [2.24, 2.45) is 0 Å².